The average Bonchev–Trinajstić information content (AvgIpc) is 3.39. The molecule has 7 nitrogen and oxygen atoms in total. The van der Waals surface area contributed by atoms with Gasteiger partial charge in [-0.25, -0.2) is 14.5 Å². The van der Waals surface area contributed by atoms with Crippen LogP contribution in [0.25, 0.3) is 5.69 Å². The van der Waals surface area contributed by atoms with Crippen LogP contribution in [-0.2, 0) is 11.2 Å². The van der Waals surface area contributed by atoms with Gasteiger partial charge >= 0.3 is 6.09 Å². The molecule has 27 heavy (non-hydrogen) atoms. The summed E-state index contributed by atoms with van der Waals surface area (Å²) in [5, 5.41) is 6.75. The summed E-state index contributed by atoms with van der Waals surface area (Å²) in [6, 6.07) is 11.5. The molecule has 4 rings (SSSR count). The second kappa shape index (κ2) is 7.40. The highest BCUT2D eigenvalue weighted by atomic mass is 32.1. The lowest BCUT2D eigenvalue weighted by atomic mass is 10.2. The molecule has 140 valence electrons. The van der Waals surface area contributed by atoms with E-state index in [0.29, 0.717) is 24.7 Å². The van der Waals surface area contributed by atoms with Gasteiger partial charge < -0.3 is 9.47 Å². The van der Waals surface area contributed by atoms with Crippen LogP contribution in [0.4, 0.5) is 4.79 Å². The molecule has 1 fully saturated rings. The van der Waals surface area contributed by atoms with Crippen molar-refractivity contribution < 1.29 is 14.3 Å². The Morgan fingerprint density at radius 2 is 2.11 bits per heavy atom. The van der Waals surface area contributed by atoms with Gasteiger partial charge in [0.15, 0.2) is 11.6 Å². The van der Waals surface area contributed by atoms with Gasteiger partial charge in [0, 0.05) is 18.3 Å². The molecule has 0 radical (unpaired) electrons. The third-order valence-electron chi connectivity index (χ3n) is 4.40. The summed E-state index contributed by atoms with van der Waals surface area (Å²) in [5.74, 6) is 2.21. The Balaban J connectivity index is 1.71. The number of thiophene rings is 1. The van der Waals surface area contributed by atoms with Crippen LogP contribution in [0, 0.1) is 0 Å². The molecule has 1 aliphatic rings. The van der Waals surface area contributed by atoms with Crippen molar-refractivity contribution in [2.24, 2.45) is 0 Å². The lowest BCUT2D eigenvalue weighted by molar-refractivity contribution is 0.163. The summed E-state index contributed by atoms with van der Waals surface area (Å²) in [6.07, 6.45) is 0.306. The smallest absolute Gasteiger partial charge is 0.410 e. The van der Waals surface area contributed by atoms with Crippen LogP contribution in [0.5, 0.6) is 5.75 Å². The molecule has 0 aliphatic carbocycles. The number of amides is 1. The molecule has 1 aliphatic heterocycles. The summed E-state index contributed by atoms with van der Waals surface area (Å²) < 4.78 is 12.5. The van der Waals surface area contributed by atoms with E-state index >= 15 is 0 Å². The first-order chi connectivity index (χ1) is 13.2. The molecule has 0 bridgehead atoms. The van der Waals surface area contributed by atoms with E-state index in [0.717, 1.165) is 11.4 Å². The van der Waals surface area contributed by atoms with Gasteiger partial charge in [0.1, 0.15) is 18.4 Å². The fraction of sp³-hybridized carbons (Fsp3) is 0.316. The Labute approximate surface area is 161 Å². The molecule has 0 saturated carbocycles. The number of ether oxygens (including phenoxy) is 2. The van der Waals surface area contributed by atoms with Crippen molar-refractivity contribution >= 4 is 17.4 Å². The molecule has 0 N–H and O–H groups in total. The fourth-order valence-electron chi connectivity index (χ4n) is 3.01. The van der Waals surface area contributed by atoms with Crippen molar-refractivity contribution in [3.63, 3.8) is 0 Å². The van der Waals surface area contributed by atoms with Crippen molar-refractivity contribution in [3.05, 3.63) is 58.3 Å². The van der Waals surface area contributed by atoms with Crippen LogP contribution in [0.2, 0.25) is 0 Å². The van der Waals surface area contributed by atoms with Gasteiger partial charge in [-0.1, -0.05) is 6.07 Å². The summed E-state index contributed by atoms with van der Waals surface area (Å²) in [6.45, 7) is 2.84. The fourth-order valence-corrected chi connectivity index (χ4v) is 3.71. The summed E-state index contributed by atoms with van der Waals surface area (Å²) in [5.41, 5.74) is 0.867. The number of benzene rings is 1. The normalized spacial score (nSPS) is 16.6. The van der Waals surface area contributed by atoms with Gasteiger partial charge in [0.2, 0.25) is 0 Å². The third kappa shape index (κ3) is 3.52. The van der Waals surface area contributed by atoms with Crippen molar-refractivity contribution in [1.82, 2.24) is 19.7 Å². The Hall–Kier alpha value is -2.87. The summed E-state index contributed by atoms with van der Waals surface area (Å²) >= 11 is 1.67. The molecule has 0 spiro atoms. The van der Waals surface area contributed by atoms with E-state index < -0.39 is 0 Å². The first-order valence-corrected chi connectivity index (χ1v) is 9.64. The van der Waals surface area contributed by atoms with E-state index in [1.54, 1.807) is 28.0 Å². The number of cyclic esters (lactones) is 1. The van der Waals surface area contributed by atoms with Crippen LogP contribution >= 0.6 is 11.3 Å². The Bertz CT molecular complexity index is 921. The van der Waals surface area contributed by atoms with E-state index in [9.17, 15) is 4.79 Å². The van der Waals surface area contributed by atoms with Crippen molar-refractivity contribution in [2.45, 2.75) is 19.4 Å². The highest BCUT2D eigenvalue weighted by Gasteiger charge is 2.35. The van der Waals surface area contributed by atoms with Crippen LogP contribution in [-0.4, -0.2) is 46.0 Å². The predicted octanol–water partition coefficient (Wildman–Crippen LogP) is 3.44. The van der Waals surface area contributed by atoms with E-state index in [4.69, 9.17) is 19.6 Å². The van der Waals surface area contributed by atoms with Crippen molar-refractivity contribution in [2.75, 3.05) is 20.3 Å². The first kappa shape index (κ1) is 17.5. The number of carbonyl (C=O) groups excluding carboxylic acids is 1. The molecule has 1 aromatic carbocycles. The maximum Gasteiger partial charge on any atom is 0.410 e. The number of nitrogens with zero attached hydrogens (tertiary/aromatic N) is 4. The minimum absolute atomic E-state index is 0.267. The van der Waals surface area contributed by atoms with Crippen LogP contribution < -0.4 is 4.74 Å². The van der Waals surface area contributed by atoms with E-state index in [-0.39, 0.29) is 18.7 Å². The van der Waals surface area contributed by atoms with Crippen molar-refractivity contribution in [1.29, 1.82) is 0 Å². The number of hydrogen-bond donors (Lipinski definition) is 0. The first-order valence-electron chi connectivity index (χ1n) is 8.76. The zero-order valence-corrected chi connectivity index (χ0v) is 16.0. The highest BCUT2D eigenvalue weighted by molar-refractivity contribution is 7.09. The number of carbonyl (C=O) groups is 1. The molecule has 2 aromatic heterocycles. The van der Waals surface area contributed by atoms with Crippen LogP contribution in [0.3, 0.4) is 0 Å². The van der Waals surface area contributed by atoms with Gasteiger partial charge in [0.05, 0.1) is 12.3 Å². The van der Waals surface area contributed by atoms with Gasteiger partial charge in [-0.05, 0) is 42.6 Å². The maximum atomic E-state index is 11.8. The van der Waals surface area contributed by atoms with Gasteiger partial charge in [-0.2, -0.15) is 5.10 Å². The SMILES string of the molecule is CCOc1ccc(-n2nc(Cc3cccs3)nc2C2COC(=O)N2C)cc1. The zero-order chi connectivity index (χ0) is 18.8. The number of aromatic nitrogens is 3. The van der Waals surface area contributed by atoms with E-state index in [1.807, 2.05) is 42.6 Å². The lowest BCUT2D eigenvalue weighted by Crippen LogP contribution is -2.25. The zero-order valence-electron chi connectivity index (χ0n) is 15.2. The highest BCUT2D eigenvalue weighted by Crippen LogP contribution is 2.28. The molecule has 1 amide bonds. The Morgan fingerprint density at radius 1 is 1.30 bits per heavy atom. The number of hydrogen-bond acceptors (Lipinski definition) is 6. The monoisotopic (exact) mass is 384 g/mol. The van der Waals surface area contributed by atoms with Gasteiger partial charge in [-0.15, -0.1) is 11.3 Å². The number of likely N-dealkylation sites (N-methyl/N-ethyl adjacent to an activating group) is 1. The molecule has 1 unspecified atom stereocenters. The minimum Gasteiger partial charge on any atom is -0.494 e. The molecular formula is C19H20N4O3S. The summed E-state index contributed by atoms with van der Waals surface area (Å²) in [7, 11) is 1.72. The topological polar surface area (TPSA) is 69.5 Å². The standard InChI is InChI=1S/C19H20N4O3S/c1-3-25-14-8-6-13(7-9-14)23-18(16-12-26-19(24)22(16)2)20-17(21-23)11-15-5-4-10-27-15/h4-10,16H,3,11-12H2,1-2H3. The molecular weight excluding hydrogens is 364 g/mol. The lowest BCUT2D eigenvalue weighted by Gasteiger charge is -2.16. The maximum absolute atomic E-state index is 11.8. The van der Waals surface area contributed by atoms with Crippen LogP contribution in [0.15, 0.2) is 41.8 Å². The molecule has 8 heteroatoms. The van der Waals surface area contributed by atoms with Crippen molar-refractivity contribution in [3.8, 4) is 11.4 Å². The average molecular weight is 384 g/mol. The van der Waals surface area contributed by atoms with E-state index in [2.05, 4.69) is 6.07 Å². The molecule has 1 atom stereocenters. The largest absolute Gasteiger partial charge is 0.494 e. The predicted molar refractivity (Wildman–Crippen MR) is 102 cm³/mol. The second-order valence-corrected chi connectivity index (χ2v) is 7.22. The Kier molecular flexibility index (Phi) is 4.81. The van der Waals surface area contributed by atoms with Crippen LogP contribution in [0.1, 0.15) is 29.5 Å². The number of rotatable bonds is 6. The quantitative estimate of drug-likeness (QED) is 0.651. The summed E-state index contributed by atoms with van der Waals surface area (Å²) in [4.78, 5) is 19.3. The molecule has 1 saturated heterocycles. The van der Waals surface area contributed by atoms with Gasteiger partial charge in [0.25, 0.3) is 0 Å². The minimum atomic E-state index is -0.346. The Morgan fingerprint density at radius 3 is 2.74 bits per heavy atom. The molecule has 3 aromatic rings. The van der Waals surface area contributed by atoms with Gasteiger partial charge in [-0.3, -0.25) is 4.90 Å². The third-order valence-corrected chi connectivity index (χ3v) is 5.28. The second-order valence-electron chi connectivity index (χ2n) is 6.18. The molecule has 3 heterocycles. The van der Waals surface area contributed by atoms with E-state index in [1.165, 1.54) is 4.88 Å².